The molecule has 0 fully saturated rings. The van der Waals surface area contributed by atoms with Gasteiger partial charge in [-0.05, 0) is 24.3 Å². The van der Waals surface area contributed by atoms with E-state index in [9.17, 15) is 14.4 Å². The number of benzene rings is 1. The van der Waals surface area contributed by atoms with E-state index in [1.165, 1.54) is 0 Å². The molecule has 7 nitrogen and oxygen atoms in total. The van der Waals surface area contributed by atoms with Crippen molar-refractivity contribution in [2.45, 2.75) is 12.5 Å². The van der Waals surface area contributed by atoms with Gasteiger partial charge >= 0.3 is 5.97 Å². The van der Waals surface area contributed by atoms with Gasteiger partial charge in [0.05, 0.1) is 6.54 Å². The molecule has 1 atom stereocenters. The van der Waals surface area contributed by atoms with Crippen LogP contribution in [0.15, 0.2) is 28.7 Å². The van der Waals surface area contributed by atoms with Gasteiger partial charge in [-0.1, -0.05) is 15.9 Å². The van der Waals surface area contributed by atoms with Gasteiger partial charge in [-0.2, -0.15) is 0 Å². The van der Waals surface area contributed by atoms with Crippen molar-refractivity contribution in [1.29, 1.82) is 0 Å². The first kappa shape index (κ1) is 17.1. The molecule has 0 aliphatic carbocycles. The van der Waals surface area contributed by atoms with Crippen LogP contribution in [0.4, 0.5) is 0 Å². The Hall–Kier alpha value is -1.93. The number of nitrogens with one attached hydrogen (secondary N) is 2. The van der Waals surface area contributed by atoms with Crippen LogP contribution in [0, 0.1) is 0 Å². The Kier molecular flexibility index (Phi) is 6.83. The molecule has 4 N–H and O–H groups in total. The van der Waals surface area contributed by atoms with Crippen molar-refractivity contribution in [2.75, 3.05) is 13.1 Å². The predicted octanol–water partition coefficient (Wildman–Crippen LogP) is 0.131. The summed E-state index contributed by atoms with van der Waals surface area (Å²) in [7, 11) is 0. The molecule has 0 aliphatic rings. The molecule has 1 unspecified atom stereocenters. The third kappa shape index (κ3) is 6.37. The highest BCUT2D eigenvalue weighted by Gasteiger charge is 2.13. The number of rotatable bonds is 7. The first-order chi connectivity index (χ1) is 9.90. The van der Waals surface area contributed by atoms with E-state index in [2.05, 4.69) is 26.6 Å². The summed E-state index contributed by atoms with van der Waals surface area (Å²) in [6.45, 7) is -0.210. The molecule has 0 bridgehead atoms. The second-order valence-electron chi connectivity index (χ2n) is 4.18. The Bertz CT molecular complexity index is 518. The summed E-state index contributed by atoms with van der Waals surface area (Å²) in [6.07, 6.45) is -1.61. The molecule has 0 radical (unpaired) electrons. The number of carboxylic acids is 1. The first-order valence-electron chi connectivity index (χ1n) is 6.11. The number of aliphatic hydroxyl groups is 1. The minimum atomic E-state index is -1.51. The van der Waals surface area contributed by atoms with Crippen molar-refractivity contribution < 1.29 is 24.6 Å². The van der Waals surface area contributed by atoms with Crippen LogP contribution in [0.2, 0.25) is 0 Å². The van der Waals surface area contributed by atoms with Gasteiger partial charge in [0.2, 0.25) is 5.91 Å². The molecule has 0 heterocycles. The van der Waals surface area contributed by atoms with E-state index < -0.39 is 18.0 Å². The number of amides is 2. The number of aliphatic carboxylic acids is 1. The quantitative estimate of drug-likeness (QED) is 0.552. The fourth-order valence-electron chi connectivity index (χ4n) is 1.40. The van der Waals surface area contributed by atoms with Crippen LogP contribution in [-0.4, -0.2) is 47.2 Å². The van der Waals surface area contributed by atoms with E-state index >= 15 is 0 Å². The van der Waals surface area contributed by atoms with Crippen LogP contribution < -0.4 is 10.6 Å². The molecule has 114 valence electrons. The summed E-state index contributed by atoms with van der Waals surface area (Å²) < 4.78 is 0.841. The summed E-state index contributed by atoms with van der Waals surface area (Å²) >= 11 is 3.25. The predicted molar refractivity (Wildman–Crippen MR) is 77.7 cm³/mol. The molecule has 1 aromatic rings. The van der Waals surface area contributed by atoms with Crippen LogP contribution in [-0.2, 0) is 9.59 Å². The highest BCUT2D eigenvalue weighted by atomic mass is 79.9. The second-order valence-corrected chi connectivity index (χ2v) is 5.10. The molecule has 1 rings (SSSR count). The molecule has 21 heavy (non-hydrogen) atoms. The Morgan fingerprint density at radius 3 is 2.33 bits per heavy atom. The average Bonchev–Trinajstić information content (AvgIpc) is 2.45. The zero-order valence-corrected chi connectivity index (χ0v) is 12.6. The summed E-state index contributed by atoms with van der Waals surface area (Å²) in [5.74, 6) is -2.19. The maximum absolute atomic E-state index is 11.7. The van der Waals surface area contributed by atoms with Crippen molar-refractivity contribution in [1.82, 2.24) is 10.6 Å². The molecule has 0 aliphatic heterocycles. The van der Waals surface area contributed by atoms with Crippen LogP contribution in [0.5, 0.6) is 0 Å². The molecule has 0 saturated heterocycles. The SMILES string of the molecule is O=C(CNC(=O)c1ccc(Br)cc1)NCCC(O)C(=O)O. The van der Waals surface area contributed by atoms with Gasteiger partial charge in [0, 0.05) is 23.0 Å². The lowest BCUT2D eigenvalue weighted by Gasteiger charge is -2.08. The van der Waals surface area contributed by atoms with E-state index in [1.54, 1.807) is 24.3 Å². The smallest absolute Gasteiger partial charge is 0.332 e. The molecule has 8 heteroatoms. The Morgan fingerprint density at radius 2 is 1.76 bits per heavy atom. The van der Waals surface area contributed by atoms with Gasteiger partial charge < -0.3 is 20.8 Å². The monoisotopic (exact) mass is 358 g/mol. The van der Waals surface area contributed by atoms with E-state index in [1.807, 2.05) is 0 Å². The Balaban J connectivity index is 2.28. The fraction of sp³-hybridized carbons (Fsp3) is 0.308. The molecular formula is C13H15BrN2O5. The molecular weight excluding hydrogens is 344 g/mol. The van der Waals surface area contributed by atoms with Crippen LogP contribution >= 0.6 is 15.9 Å². The minimum Gasteiger partial charge on any atom is -0.479 e. The topological polar surface area (TPSA) is 116 Å². The molecule has 1 aromatic carbocycles. The number of halogens is 1. The van der Waals surface area contributed by atoms with E-state index in [4.69, 9.17) is 10.2 Å². The zero-order valence-electron chi connectivity index (χ0n) is 11.0. The van der Waals surface area contributed by atoms with Crippen LogP contribution in [0.3, 0.4) is 0 Å². The van der Waals surface area contributed by atoms with Crippen molar-refractivity contribution in [2.24, 2.45) is 0 Å². The Labute approximate surface area is 129 Å². The molecule has 2 amide bonds. The lowest BCUT2D eigenvalue weighted by Crippen LogP contribution is -2.38. The number of aliphatic hydroxyl groups excluding tert-OH is 1. The van der Waals surface area contributed by atoms with Gasteiger partial charge in [-0.15, -0.1) is 0 Å². The lowest BCUT2D eigenvalue weighted by molar-refractivity contribution is -0.147. The Morgan fingerprint density at radius 1 is 1.14 bits per heavy atom. The van der Waals surface area contributed by atoms with Gasteiger partial charge in [0.1, 0.15) is 0 Å². The minimum absolute atomic E-state index is 0.0143. The van der Waals surface area contributed by atoms with Gasteiger partial charge in [-0.3, -0.25) is 9.59 Å². The average molecular weight is 359 g/mol. The van der Waals surface area contributed by atoms with Crippen molar-refractivity contribution in [3.8, 4) is 0 Å². The van der Waals surface area contributed by atoms with Crippen molar-refractivity contribution >= 4 is 33.7 Å². The third-order valence-electron chi connectivity index (χ3n) is 2.54. The third-order valence-corrected chi connectivity index (χ3v) is 3.07. The fourth-order valence-corrected chi connectivity index (χ4v) is 1.66. The first-order valence-corrected chi connectivity index (χ1v) is 6.91. The van der Waals surface area contributed by atoms with E-state index in [0.29, 0.717) is 5.56 Å². The van der Waals surface area contributed by atoms with Crippen molar-refractivity contribution in [3.63, 3.8) is 0 Å². The molecule has 0 spiro atoms. The maximum Gasteiger partial charge on any atom is 0.332 e. The highest BCUT2D eigenvalue weighted by molar-refractivity contribution is 9.10. The second kappa shape index (κ2) is 8.38. The normalized spacial score (nSPS) is 11.5. The van der Waals surface area contributed by atoms with E-state index in [-0.39, 0.29) is 25.4 Å². The number of carbonyl (C=O) groups is 3. The number of carbonyl (C=O) groups excluding carboxylic acids is 2. The summed E-state index contributed by atoms with van der Waals surface area (Å²) in [5.41, 5.74) is 0.423. The van der Waals surface area contributed by atoms with Crippen LogP contribution in [0.25, 0.3) is 0 Å². The number of carboxylic acid groups (broad SMARTS) is 1. The molecule has 0 saturated carbocycles. The largest absolute Gasteiger partial charge is 0.479 e. The number of hydrogen-bond acceptors (Lipinski definition) is 4. The lowest BCUT2D eigenvalue weighted by atomic mass is 10.2. The van der Waals surface area contributed by atoms with Crippen LogP contribution in [0.1, 0.15) is 16.8 Å². The van der Waals surface area contributed by atoms with E-state index in [0.717, 1.165) is 4.47 Å². The summed E-state index contributed by atoms with van der Waals surface area (Å²) in [4.78, 5) is 33.5. The molecule has 0 aromatic heterocycles. The standard InChI is InChI=1S/C13H15BrN2O5/c14-9-3-1-8(2-4-9)12(19)16-7-11(18)15-6-5-10(17)13(20)21/h1-4,10,17H,5-7H2,(H,15,18)(H,16,19)(H,20,21). The highest BCUT2D eigenvalue weighted by Crippen LogP contribution is 2.10. The van der Waals surface area contributed by atoms with Gasteiger partial charge in [0.15, 0.2) is 6.10 Å². The summed E-state index contributed by atoms with van der Waals surface area (Å²) in [5, 5.41) is 22.3. The van der Waals surface area contributed by atoms with Gasteiger partial charge in [-0.25, -0.2) is 4.79 Å². The maximum atomic E-state index is 11.7. The van der Waals surface area contributed by atoms with Crippen molar-refractivity contribution in [3.05, 3.63) is 34.3 Å². The number of hydrogen-bond donors (Lipinski definition) is 4. The summed E-state index contributed by atoms with van der Waals surface area (Å²) in [6, 6.07) is 6.64. The van der Waals surface area contributed by atoms with Gasteiger partial charge in [0.25, 0.3) is 5.91 Å². The zero-order chi connectivity index (χ0) is 15.8.